The third-order valence-corrected chi connectivity index (χ3v) is 1.67. The Morgan fingerprint density at radius 1 is 1.31 bits per heavy atom. The van der Waals surface area contributed by atoms with Crippen molar-refractivity contribution in [1.29, 1.82) is 5.41 Å². The summed E-state index contributed by atoms with van der Waals surface area (Å²) in [4.78, 5) is 0. The molecule has 6 N–H and O–H groups in total. The number of nitrogens with one attached hydrogen (secondary N) is 2. The van der Waals surface area contributed by atoms with Gasteiger partial charge in [-0.05, 0) is 30.7 Å². The van der Waals surface area contributed by atoms with Crippen LogP contribution in [0, 0.1) is 5.41 Å². The van der Waals surface area contributed by atoms with Crippen molar-refractivity contribution in [2.45, 2.75) is 6.42 Å². The number of guanidine groups is 1. The molecule has 0 amide bonds. The highest BCUT2D eigenvalue weighted by molar-refractivity contribution is 5.89. The normalized spacial score (nSPS) is 9.62. The molecule has 0 aliphatic rings. The molecule has 0 bridgehead atoms. The van der Waals surface area contributed by atoms with Crippen molar-refractivity contribution in [2.24, 2.45) is 11.5 Å². The molecule has 0 fully saturated rings. The van der Waals surface area contributed by atoms with Gasteiger partial charge in [0.15, 0.2) is 5.96 Å². The van der Waals surface area contributed by atoms with E-state index in [2.05, 4.69) is 5.32 Å². The summed E-state index contributed by atoms with van der Waals surface area (Å²) in [7, 11) is 0. The molecule has 0 atom stereocenters. The van der Waals surface area contributed by atoms with Crippen LogP contribution >= 0.6 is 0 Å². The second kappa shape index (κ2) is 4.47. The van der Waals surface area contributed by atoms with E-state index in [9.17, 15) is 0 Å². The minimum Gasteiger partial charge on any atom is -0.370 e. The van der Waals surface area contributed by atoms with Crippen LogP contribution in [0.25, 0.3) is 0 Å². The Balaban J connectivity index is 2.64. The van der Waals surface area contributed by atoms with Gasteiger partial charge in [0.2, 0.25) is 0 Å². The molecule has 13 heavy (non-hydrogen) atoms. The summed E-state index contributed by atoms with van der Waals surface area (Å²) in [5.41, 5.74) is 12.6. The maximum Gasteiger partial charge on any atom is 0.190 e. The largest absolute Gasteiger partial charge is 0.370 e. The highest BCUT2D eigenvalue weighted by Gasteiger charge is 1.93. The summed E-state index contributed by atoms with van der Waals surface area (Å²) in [5.74, 6) is -0.0495. The summed E-state index contributed by atoms with van der Waals surface area (Å²) in [6.45, 7) is 0.652. The lowest BCUT2D eigenvalue weighted by Gasteiger charge is -2.04. The molecule has 1 aromatic carbocycles. The molecular formula is C9H14N4. The van der Waals surface area contributed by atoms with E-state index in [1.165, 1.54) is 5.56 Å². The van der Waals surface area contributed by atoms with Crippen molar-refractivity contribution in [1.82, 2.24) is 0 Å². The molecule has 4 nitrogen and oxygen atoms in total. The molecule has 1 aromatic rings. The van der Waals surface area contributed by atoms with Crippen molar-refractivity contribution in [3.63, 3.8) is 0 Å². The average molecular weight is 178 g/mol. The van der Waals surface area contributed by atoms with Gasteiger partial charge in [0.25, 0.3) is 0 Å². The minimum atomic E-state index is -0.0495. The Hall–Kier alpha value is -1.55. The van der Waals surface area contributed by atoms with Gasteiger partial charge in [0.05, 0.1) is 0 Å². The van der Waals surface area contributed by atoms with Gasteiger partial charge in [-0.3, -0.25) is 5.41 Å². The van der Waals surface area contributed by atoms with Gasteiger partial charge >= 0.3 is 0 Å². The van der Waals surface area contributed by atoms with Crippen LogP contribution in [0.4, 0.5) is 5.69 Å². The molecule has 70 valence electrons. The van der Waals surface area contributed by atoms with E-state index < -0.39 is 0 Å². The Morgan fingerprint density at radius 2 is 1.92 bits per heavy atom. The lowest BCUT2D eigenvalue weighted by Crippen LogP contribution is -2.20. The second-order valence-corrected chi connectivity index (χ2v) is 2.77. The Labute approximate surface area is 77.4 Å². The van der Waals surface area contributed by atoms with Crippen molar-refractivity contribution < 1.29 is 0 Å². The first-order valence-electron chi connectivity index (χ1n) is 4.12. The van der Waals surface area contributed by atoms with E-state index in [1.54, 1.807) is 0 Å². The first-order valence-corrected chi connectivity index (χ1v) is 4.12. The third-order valence-electron chi connectivity index (χ3n) is 1.67. The summed E-state index contributed by atoms with van der Waals surface area (Å²) >= 11 is 0. The fourth-order valence-corrected chi connectivity index (χ4v) is 1.08. The first-order chi connectivity index (χ1) is 6.22. The number of hydrogen-bond acceptors (Lipinski definition) is 2. The van der Waals surface area contributed by atoms with E-state index in [0.717, 1.165) is 12.1 Å². The van der Waals surface area contributed by atoms with Crippen LogP contribution in [-0.4, -0.2) is 12.5 Å². The fourth-order valence-electron chi connectivity index (χ4n) is 1.08. The molecule has 0 saturated heterocycles. The van der Waals surface area contributed by atoms with Gasteiger partial charge in [-0.1, -0.05) is 12.1 Å². The molecule has 0 unspecified atom stereocenters. The van der Waals surface area contributed by atoms with Crippen molar-refractivity contribution in [3.05, 3.63) is 29.8 Å². The zero-order valence-corrected chi connectivity index (χ0v) is 7.38. The summed E-state index contributed by atoms with van der Waals surface area (Å²) < 4.78 is 0. The number of hydrogen-bond donors (Lipinski definition) is 4. The molecule has 4 heteroatoms. The average Bonchev–Trinajstić information content (AvgIpc) is 2.08. The second-order valence-electron chi connectivity index (χ2n) is 2.77. The molecule has 0 radical (unpaired) electrons. The van der Waals surface area contributed by atoms with Crippen molar-refractivity contribution in [3.8, 4) is 0 Å². The van der Waals surface area contributed by atoms with Gasteiger partial charge in [-0.15, -0.1) is 0 Å². The van der Waals surface area contributed by atoms with Crippen LogP contribution in [0.2, 0.25) is 0 Å². The van der Waals surface area contributed by atoms with Crippen LogP contribution in [-0.2, 0) is 6.42 Å². The molecule has 0 aliphatic heterocycles. The standard InChI is InChI=1S/C9H14N4/c10-6-5-7-1-3-8(4-2-7)13-9(11)12/h1-4H,5-6,10H2,(H4,11,12,13). The topological polar surface area (TPSA) is 87.9 Å². The van der Waals surface area contributed by atoms with Crippen LogP contribution in [0.1, 0.15) is 5.56 Å². The third kappa shape index (κ3) is 3.13. The monoisotopic (exact) mass is 178 g/mol. The lowest BCUT2D eigenvalue weighted by molar-refractivity contribution is 0.969. The quantitative estimate of drug-likeness (QED) is 0.401. The molecule has 0 spiro atoms. The van der Waals surface area contributed by atoms with Crippen LogP contribution in [0.3, 0.4) is 0 Å². The predicted molar refractivity (Wildman–Crippen MR) is 54.7 cm³/mol. The molecule has 0 aromatic heterocycles. The van der Waals surface area contributed by atoms with E-state index >= 15 is 0 Å². The first kappa shape index (κ1) is 9.54. The maximum absolute atomic E-state index is 7.01. The summed E-state index contributed by atoms with van der Waals surface area (Å²) in [6.07, 6.45) is 0.875. The zero-order valence-electron chi connectivity index (χ0n) is 7.38. The Bertz CT molecular complexity index is 278. The lowest BCUT2D eigenvalue weighted by atomic mass is 10.1. The van der Waals surface area contributed by atoms with E-state index in [4.69, 9.17) is 16.9 Å². The minimum absolute atomic E-state index is 0.0495. The van der Waals surface area contributed by atoms with Crippen molar-refractivity contribution in [2.75, 3.05) is 11.9 Å². The highest BCUT2D eigenvalue weighted by Crippen LogP contribution is 2.08. The van der Waals surface area contributed by atoms with E-state index in [0.29, 0.717) is 6.54 Å². The summed E-state index contributed by atoms with van der Waals surface area (Å²) in [6, 6.07) is 7.70. The number of anilines is 1. The number of benzene rings is 1. The highest BCUT2D eigenvalue weighted by atomic mass is 15.0. The van der Waals surface area contributed by atoms with Gasteiger partial charge in [-0.2, -0.15) is 0 Å². The Morgan fingerprint density at radius 3 is 2.38 bits per heavy atom. The van der Waals surface area contributed by atoms with Crippen LogP contribution in [0.5, 0.6) is 0 Å². The van der Waals surface area contributed by atoms with Gasteiger partial charge in [0, 0.05) is 5.69 Å². The van der Waals surface area contributed by atoms with Crippen molar-refractivity contribution >= 4 is 11.6 Å². The fraction of sp³-hybridized carbons (Fsp3) is 0.222. The number of rotatable bonds is 3. The van der Waals surface area contributed by atoms with Crippen LogP contribution in [0.15, 0.2) is 24.3 Å². The maximum atomic E-state index is 7.01. The van der Waals surface area contributed by atoms with Gasteiger partial charge < -0.3 is 16.8 Å². The summed E-state index contributed by atoms with van der Waals surface area (Å²) in [5, 5.41) is 9.72. The molecule has 0 heterocycles. The molecular weight excluding hydrogens is 164 g/mol. The smallest absolute Gasteiger partial charge is 0.190 e. The number of nitrogens with two attached hydrogens (primary N) is 2. The van der Waals surface area contributed by atoms with Crippen LogP contribution < -0.4 is 16.8 Å². The van der Waals surface area contributed by atoms with Gasteiger partial charge in [-0.25, -0.2) is 0 Å². The SMILES string of the molecule is N=C(N)Nc1ccc(CCN)cc1. The Kier molecular flexibility index (Phi) is 3.28. The predicted octanol–water partition coefficient (Wildman–Crippen LogP) is 0.493. The molecule has 0 saturated carbocycles. The zero-order chi connectivity index (χ0) is 9.68. The molecule has 0 aliphatic carbocycles. The van der Waals surface area contributed by atoms with E-state index in [-0.39, 0.29) is 5.96 Å². The van der Waals surface area contributed by atoms with E-state index in [1.807, 2.05) is 24.3 Å². The van der Waals surface area contributed by atoms with Gasteiger partial charge in [0.1, 0.15) is 0 Å². The molecule has 1 rings (SSSR count).